The fourth-order valence-electron chi connectivity index (χ4n) is 1.61. The molecule has 0 amide bonds. The first-order valence-corrected chi connectivity index (χ1v) is 5.77. The molecule has 1 aromatic rings. The van der Waals surface area contributed by atoms with Crippen molar-refractivity contribution in [3.63, 3.8) is 0 Å². The first-order valence-electron chi connectivity index (χ1n) is 5.77. The van der Waals surface area contributed by atoms with E-state index in [0.29, 0.717) is 23.8 Å². The Labute approximate surface area is 101 Å². The van der Waals surface area contributed by atoms with Gasteiger partial charge in [0.25, 0.3) is 0 Å². The summed E-state index contributed by atoms with van der Waals surface area (Å²) in [7, 11) is 0. The zero-order chi connectivity index (χ0) is 12.3. The molecule has 0 aliphatic heterocycles. The first kappa shape index (κ1) is 11.9. The largest absolute Gasteiger partial charge is 0.435 e. The highest BCUT2D eigenvalue weighted by Crippen LogP contribution is 2.28. The molecule has 17 heavy (non-hydrogen) atoms. The van der Waals surface area contributed by atoms with E-state index in [1.165, 1.54) is 12.8 Å². The van der Waals surface area contributed by atoms with Gasteiger partial charge in [-0.15, -0.1) is 0 Å². The van der Waals surface area contributed by atoms with E-state index in [2.05, 4.69) is 0 Å². The zero-order valence-corrected chi connectivity index (χ0v) is 9.94. The van der Waals surface area contributed by atoms with Crippen LogP contribution in [0.25, 0.3) is 0 Å². The van der Waals surface area contributed by atoms with E-state index < -0.39 is 5.97 Å². The van der Waals surface area contributed by atoms with Crippen molar-refractivity contribution in [2.45, 2.75) is 19.8 Å². The summed E-state index contributed by atoms with van der Waals surface area (Å²) in [5.74, 6) is 0.277. The Balaban J connectivity index is 1.80. The van der Waals surface area contributed by atoms with E-state index in [0.717, 1.165) is 5.56 Å². The van der Waals surface area contributed by atoms with Crippen molar-refractivity contribution < 1.29 is 14.3 Å². The summed E-state index contributed by atoms with van der Waals surface area (Å²) in [5.41, 5.74) is 7.64. The number of benzene rings is 1. The molecule has 0 radical (unpaired) electrons. The summed E-state index contributed by atoms with van der Waals surface area (Å²) in [6, 6.07) is 5.16. The third-order valence-corrected chi connectivity index (χ3v) is 2.66. The first-order chi connectivity index (χ1) is 8.15. The van der Waals surface area contributed by atoms with E-state index in [4.69, 9.17) is 15.2 Å². The van der Waals surface area contributed by atoms with Gasteiger partial charge in [-0.3, -0.25) is 0 Å². The predicted octanol–water partition coefficient (Wildman–Crippen LogP) is 2.12. The fourth-order valence-corrected chi connectivity index (χ4v) is 1.61. The number of aryl methyl sites for hydroxylation is 1. The maximum absolute atomic E-state index is 11.7. The van der Waals surface area contributed by atoms with Crippen molar-refractivity contribution in [1.29, 1.82) is 0 Å². The summed E-state index contributed by atoms with van der Waals surface area (Å²) in [6.07, 6.45) is 2.45. The Morgan fingerprint density at radius 2 is 2.18 bits per heavy atom. The van der Waals surface area contributed by atoms with E-state index in [9.17, 15) is 4.79 Å². The fraction of sp³-hybridized carbons (Fsp3) is 0.462. The van der Waals surface area contributed by atoms with Gasteiger partial charge >= 0.3 is 5.97 Å². The van der Waals surface area contributed by atoms with E-state index in [1.807, 2.05) is 6.92 Å². The molecule has 1 aliphatic rings. The Hall–Kier alpha value is -1.55. The molecule has 0 atom stereocenters. The lowest BCUT2D eigenvalue weighted by Gasteiger charge is -2.06. The number of rotatable bonds is 5. The molecule has 1 saturated carbocycles. The monoisotopic (exact) mass is 235 g/mol. The quantitative estimate of drug-likeness (QED) is 0.367. The van der Waals surface area contributed by atoms with Crippen LogP contribution >= 0.6 is 0 Å². The minimum absolute atomic E-state index is 0.0170. The summed E-state index contributed by atoms with van der Waals surface area (Å²) < 4.78 is 10.2. The number of carbonyl (C=O) groups excluding carboxylic acids is 1. The number of anilines is 1. The zero-order valence-electron chi connectivity index (χ0n) is 9.94. The van der Waals surface area contributed by atoms with Crippen LogP contribution in [0.4, 0.5) is 5.69 Å². The van der Waals surface area contributed by atoms with Crippen LogP contribution < -0.4 is 5.73 Å². The van der Waals surface area contributed by atoms with Crippen LogP contribution in [0.15, 0.2) is 18.2 Å². The maximum atomic E-state index is 11.7. The van der Waals surface area contributed by atoms with Crippen LogP contribution in [0.2, 0.25) is 0 Å². The number of hydrogen-bond donors (Lipinski definition) is 1. The van der Waals surface area contributed by atoms with Gasteiger partial charge < -0.3 is 15.2 Å². The molecule has 1 fully saturated rings. The lowest BCUT2D eigenvalue weighted by atomic mass is 10.1. The van der Waals surface area contributed by atoms with Crippen LogP contribution in [0.5, 0.6) is 0 Å². The van der Waals surface area contributed by atoms with Gasteiger partial charge in [-0.25, -0.2) is 4.79 Å². The molecule has 0 saturated heterocycles. The summed E-state index contributed by atoms with van der Waals surface area (Å²) in [4.78, 5) is 11.7. The van der Waals surface area contributed by atoms with Crippen LogP contribution in [-0.4, -0.2) is 19.4 Å². The molecule has 0 bridgehead atoms. The minimum atomic E-state index is -0.392. The van der Waals surface area contributed by atoms with E-state index in [1.54, 1.807) is 18.2 Å². The van der Waals surface area contributed by atoms with E-state index in [-0.39, 0.29) is 6.79 Å². The van der Waals surface area contributed by atoms with Gasteiger partial charge in [-0.05, 0) is 49.4 Å². The minimum Gasteiger partial charge on any atom is -0.435 e. The Morgan fingerprint density at radius 3 is 2.82 bits per heavy atom. The second kappa shape index (κ2) is 5.19. The van der Waals surface area contributed by atoms with Crippen molar-refractivity contribution in [2.24, 2.45) is 5.92 Å². The summed E-state index contributed by atoms with van der Waals surface area (Å²) in [6.45, 7) is 2.59. The molecule has 1 aliphatic carbocycles. The molecule has 92 valence electrons. The average molecular weight is 235 g/mol. The van der Waals surface area contributed by atoms with Crippen molar-refractivity contribution in [2.75, 3.05) is 19.1 Å². The maximum Gasteiger partial charge on any atom is 0.340 e. The molecule has 2 N–H and O–H groups in total. The van der Waals surface area contributed by atoms with Gasteiger partial charge in [0.05, 0.1) is 12.2 Å². The molecule has 0 spiro atoms. The molecule has 0 heterocycles. The lowest BCUT2D eigenvalue weighted by Crippen LogP contribution is -2.10. The lowest BCUT2D eigenvalue weighted by molar-refractivity contribution is -0.0344. The predicted molar refractivity (Wildman–Crippen MR) is 64.5 cm³/mol. The smallest absolute Gasteiger partial charge is 0.340 e. The second-order valence-corrected chi connectivity index (χ2v) is 4.50. The van der Waals surface area contributed by atoms with Crippen molar-refractivity contribution in [3.8, 4) is 0 Å². The van der Waals surface area contributed by atoms with Crippen molar-refractivity contribution in [1.82, 2.24) is 0 Å². The SMILES string of the molecule is Cc1cc(N)cc(C(=O)OCOCC2CC2)c1. The Kier molecular flexibility index (Phi) is 3.64. The topological polar surface area (TPSA) is 61.6 Å². The highest BCUT2D eigenvalue weighted by Gasteiger charge is 2.21. The van der Waals surface area contributed by atoms with Crippen molar-refractivity contribution in [3.05, 3.63) is 29.3 Å². The molecule has 4 heteroatoms. The van der Waals surface area contributed by atoms with Crippen LogP contribution in [0.3, 0.4) is 0 Å². The summed E-state index contributed by atoms with van der Waals surface area (Å²) >= 11 is 0. The highest BCUT2D eigenvalue weighted by atomic mass is 16.7. The van der Waals surface area contributed by atoms with Gasteiger partial charge in [-0.2, -0.15) is 0 Å². The number of nitrogen functional groups attached to an aromatic ring is 1. The Morgan fingerprint density at radius 1 is 1.41 bits per heavy atom. The third kappa shape index (κ3) is 3.75. The highest BCUT2D eigenvalue weighted by molar-refractivity contribution is 5.90. The van der Waals surface area contributed by atoms with Gasteiger partial charge in [0.15, 0.2) is 6.79 Å². The number of hydrogen-bond acceptors (Lipinski definition) is 4. The third-order valence-electron chi connectivity index (χ3n) is 2.66. The van der Waals surface area contributed by atoms with Gasteiger partial charge in [0.1, 0.15) is 0 Å². The molecule has 0 aromatic heterocycles. The van der Waals surface area contributed by atoms with Gasteiger partial charge in [0, 0.05) is 5.69 Å². The number of nitrogens with two attached hydrogens (primary N) is 1. The normalized spacial score (nSPS) is 14.6. The van der Waals surface area contributed by atoms with Crippen LogP contribution in [-0.2, 0) is 9.47 Å². The second-order valence-electron chi connectivity index (χ2n) is 4.50. The van der Waals surface area contributed by atoms with E-state index >= 15 is 0 Å². The molecule has 0 unspecified atom stereocenters. The standard InChI is InChI=1S/C13H17NO3/c1-9-4-11(6-12(14)5-9)13(15)17-8-16-7-10-2-3-10/h4-6,10H,2-3,7-8,14H2,1H3. The summed E-state index contributed by atoms with van der Waals surface area (Å²) in [5, 5.41) is 0. The number of carbonyl (C=O) groups is 1. The molecule has 2 rings (SSSR count). The van der Waals surface area contributed by atoms with Crippen molar-refractivity contribution >= 4 is 11.7 Å². The van der Waals surface area contributed by atoms with Crippen LogP contribution in [0.1, 0.15) is 28.8 Å². The average Bonchev–Trinajstić information content (AvgIpc) is 3.06. The molecule has 1 aromatic carbocycles. The number of esters is 1. The number of ether oxygens (including phenoxy) is 2. The molecular weight excluding hydrogens is 218 g/mol. The van der Waals surface area contributed by atoms with Crippen LogP contribution in [0, 0.1) is 12.8 Å². The molecular formula is C13H17NO3. The molecule has 4 nitrogen and oxygen atoms in total. The Bertz CT molecular complexity index is 393. The van der Waals surface area contributed by atoms with Gasteiger partial charge in [0.2, 0.25) is 0 Å². The van der Waals surface area contributed by atoms with Gasteiger partial charge in [-0.1, -0.05) is 0 Å².